The van der Waals surface area contributed by atoms with Gasteiger partial charge in [0.2, 0.25) is 0 Å². The number of halogens is 2. The maximum atomic E-state index is 13.4. The number of carbonyl (C=O) groups excluding carboxylic acids is 2. The highest BCUT2D eigenvalue weighted by Gasteiger charge is 2.45. The maximum Gasteiger partial charge on any atom is 0.271 e. The fourth-order valence-electron chi connectivity index (χ4n) is 4.32. The van der Waals surface area contributed by atoms with Crippen LogP contribution in [0.4, 0.5) is 0 Å². The van der Waals surface area contributed by atoms with Crippen LogP contribution in [0.5, 0.6) is 0 Å². The summed E-state index contributed by atoms with van der Waals surface area (Å²) in [5, 5.41) is 12.1. The lowest BCUT2D eigenvalue weighted by molar-refractivity contribution is -0.118. The minimum atomic E-state index is -0.713. The smallest absolute Gasteiger partial charge is 0.271 e. The molecule has 0 bridgehead atoms. The van der Waals surface area contributed by atoms with Crippen molar-refractivity contribution in [3.8, 4) is 6.07 Å². The number of nitriles is 1. The first-order chi connectivity index (χ1) is 15.6. The van der Waals surface area contributed by atoms with E-state index < -0.39 is 11.8 Å². The summed E-state index contributed by atoms with van der Waals surface area (Å²) in [4.78, 5) is 30.3. The van der Waals surface area contributed by atoms with Crippen LogP contribution in [0, 0.1) is 16.7 Å². The van der Waals surface area contributed by atoms with Crippen molar-refractivity contribution in [2.45, 2.75) is 32.6 Å². The molecule has 1 aliphatic carbocycles. The van der Waals surface area contributed by atoms with Crippen molar-refractivity contribution in [2.24, 2.45) is 11.1 Å². The van der Waals surface area contributed by atoms with E-state index in [1.165, 1.54) is 11.2 Å². The zero-order valence-electron chi connectivity index (χ0n) is 18.0. The standard InChI is InChI=1S/C24H21Cl2N5O2/c1-24(2)9-18-21(19(32)10-24)20(13-5-6-16(25)17(26)8-13)15(11-27)22(28)31(18)30-23(33)14-4-3-7-29-12-14/h3-8,12,20H,9-10,28H2,1-2H3,(H,30,33). The number of ketones is 1. The van der Waals surface area contributed by atoms with Gasteiger partial charge in [0.15, 0.2) is 5.78 Å². The summed E-state index contributed by atoms with van der Waals surface area (Å²) < 4.78 is 0. The number of amides is 1. The SMILES string of the molecule is CC1(C)CC(=O)C2=C(C1)N(NC(=O)c1cccnc1)C(N)=C(C#N)C2c1ccc(Cl)c(Cl)c1. The fourth-order valence-corrected chi connectivity index (χ4v) is 4.63. The molecule has 2 heterocycles. The molecule has 1 aliphatic heterocycles. The Labute approximate surface area is 201 Å². The van der Waals surface area contributed by atoms with Crippen LogP contribution in [0.1, 0.15) is 48.5 Å². The van der Waals surface area contributed by atoms with E-state index >= 15 is 0 Å². The first-order valence-electron chi connectivity index (χ1n) is 10.2. The number of Topliss-reactive ketones (excluding diaryl/α,β-unsaturated/α-hetero) is 1. The summed E-state index contributed by atoms with van der Waals surface area (Å²) >= 11 is 12.3. The van der Waals surface area contributed by atoms with Gasteiger partial charge in [0.1, 0.15) is 5.82 Å². The summed E-state index contributed by atoms with van der Waals surface area (Å²) in [5.41, 5.74) is 10.9. The molecule has 1 aromatic carbocycles. The fraction of sp³-hybridized carbons (Fsp3) is 0.250. The Morgan fingerprint density at radius 2 is 2.03 bits per heavy atom. The first-order valence-corrected chi connectivity index (χ1v) is 11.0. The number of rotatable bonds is 3. The molecule has 168 valence electrons. The second-order valence-electron chi connectivity index (χ2n) is 8.84. The number of hydrogen-bond donors (Lipinski definition) is 2. The van der Waals surface area contributed by atoms with Gasteiger partial charge in [-0.15, -0.1) is 0 Å². The van der Waals surface area contributed by atoms with E-state index in [4.69, 9.17) is 28.9 Å². The number of allylic oxidation sites excluding steroid dienone is 3. The minimum absolute atomic E-state index is 0.0510. The Kier molecular flexibility index (Phi) is 5.91. The Balaban J connectivity index is 1.88. The second-order valence-corrected chi connectivity index (χ2v) is 9.65. The monoisotopic (exact) mass is 481 g/mol. The van der Waals surface area contributed by atoms with Crippen LogP contribution >= 0.6 is 23.2 Å². The van der Waals surface area contributed by atoms with E-state index in [9.17, 15) is 14.9 Å². The number of aromatic nitrogens is 1. The van der Waals surface area contributed by atoms with E-state index in [1.807, 2.05) is 13.8 Å². The van der Waals surface area contributed by atoms with Crippen LogP contribution in [-0.4, -0.2) is 21.7 Å². The molecule has 0 radical (unpaired) electrons. The zero-order chi connectivity index (χ0) is 23.9. The van der Waals surface area contributed by atoms with Crippen LogP contribution in [0.25, 0.3) is 0 Å². The molecule has 33 heavy (non-hydrogen) atoms. The molecule has 2 aromatic rings. The normalized spacial score (nSPS) is 19.8. The van der Waals surface area contributed by atoms with Gasteiger partial charge >= 0.3 is 0 Å². The summed E-state index contributed by atoms with van der Waals surface area (Å²) in [6.45, 7) is 3.95. The van der Waals surface area contributed by atoms with Gasteiger partial charge < -0.3 is 5.73 Å². The molecule has 1 atom stereocenters. The number of carbonyl (C=O) groups is 2. The quantitative estimate of drug-likeness (QED) is 0.668. The van der Waals surface area contributed by atoms with Crippen molar-refractivity contribution in [3.63, 3.8) is 0 Å². The largest absolute Gasteiger partial charge is 0.383 e. The number of benzene rings is 1. The van der Waals surface area contributed by atoms with Gasteiger partial charge in [0.25, 0.3) is 5.91 Å². The van der Waals surface area contributed by atoms with Crippen LogP contribution in [0.15, 0.2) is 65.4 Å². The van der Waals surface area contributed by atoms with Crippen LogP contribution < -0.4 is 11.2 Å². The lowest BCUT2D eigenvalue weighted by atomic mass is 9.69. The van der Waals surface area contributed by atoms with Gasteiger partial charge in [-0.05, 0) is 41.7 Å². The number of nitrogens with two attached hydrogens (primary N) is 1. The van der Waals surface area contributed by atoms with Crippen LogP contribution in [0.3, 0.4) is 0 Å². The molecule has 1 unspecified atom stereocenters. The molecule has 0 fully saturated rings. The van der Waals surface area contributed by atoms with Crippen molar-refractivity contribution < 1.29 is 9.59 Å². The van der Waals surface area contributed by atoms with Gasteiger partial charge in [-0.2, -0.15) is 5.26 Å². The summed E-state index contributed by atoms with van der Waals surface area (Å²) in [7, 11) is 0. The van der Waals surface area contributed by atoms with Gasteiger partial charge in [-0.25, -0.2) is 5.01 Å². The van der Waals surface area contributed by atoms with Gasteiger partial charge in [0, 0.05) is 24.4 Å². The molecule has 0 saturated carbocycles. The van der Waals surface area contributed by atoms with E-state index in [-0.39, 0.29) is 22.6 Å². The number of nitrogens with one attached hydrogen (secondary N) is 1. The Bertz CT molecular complexity index is 1260. The van der Waals surface area contributed by atoms with E-state index in [2.05, 4.69) is 16.5 Å². The highest BCUT2D eigenvalue weighted by Crippen LogP contribution is 2.49. The molecule has 7 nitrogen and oxygen atoms in total. The number of hydrogen-bond acceptors (Lipinski definition) is 6. The molecular formula is C24H21Cl2N5O2. The molecule has 0 saturated heterocycles. The molecule has 9 heteroatoms. The Morgan fingerprint density at radius 3 is 2.67 bits per heavy atom. The average Bonchev–Trinajstić information content (AvgIpc) is 2.77. The first kappa shape index (κ1) is 22.8. The van der Waals surface area contributed by atoms with Crippen molar-refractivity contribution >= 4 is 34.9 Å². The van der Waals surface area contributed by atoms with E-state index in [1.54, 1.807) is 36.5 Å². The number of hydrazine groups is 1. The predicted molar refractivity (Wildman–Crippen MR) is 125 cm³/mol. The van der Waals surface area contributed by atoms with Gasteiger partial charge in [-0.1, -0.05) is 43.1 Å². The molecule has 2 aliphatic rings. The second kappa shape index (κ2) is 8.54. The third-order valence-electron chi connectivity index (χ3n) is 5.80. The average molecular weight is 482 g/mol. The number of pyridine rings is 1. The molecular weight excluding hydrogens is 461 g/mol. The predicted octanol–water partition coefficient (Wildman–Crippen LogP) is 4.47. The summed E-state index contributed by atoms with van der Waals surface area (Å²) in [6, 6.07) is 10.4. The van der Waals surface area contributed by atoms with Crippen molar-refractivity contribution in [3.05, 3.63) is 86.6 Å². The Morgan fingerprint density at radius 1 is 1.27 bits per heavy atom. The lowest BCUT2D eigenvalue weighted by Crippen LogP contribution is -2.49. The topological polar surface area (TPSA) is 112 Å². The number of nitrogens with zero attached hydrogens (tertiary/aromatic N) is 3. The van der Waals surface area contributed by atoms with E-state index in [0.29, 0.717) is 45.3 Å². The van der Waals surface area contributed by atoms with Crippen molar-refractivity contribution in [1.82, 2.24) is 15.4 Å². The Hall–Kier alpha value is -3.34. The molecule has 4 rings (SSSR count). The molecule has 0 spiro atoms. The van der Waals surface area contributed by atoms with Crippen LogP contribution in [0.2, 0.25) is 10.0 Å². The third kappa shape index (κ3) is 4.20. The van der Waals surface area contributed by atoms with Crippen molar-refractivity contribution in [2.75, 3.05) is 0 Å². The zero-order valence-corrected chi connectivity index (χ0v) is 19.5. The van der Waals surface area contributed by atoms with Gasteiger partial charge in [0.05, 0.1) is 38.9 Å². The summed E-state index contributed by atoms with van der Waals surface area (Å²) in [6.07, 6.45) is 3.75. The third-order valence-corrected chi connectivity index (χ3v) is 6.53. The molecule has 3 N–H and O–H groups in total. The van der Waals surface area contributed by atoms with Crippen LogP contribution in [-0.2, 0) is 4.79 Å². The minimum Gasteiger partial charge on any atom is -0.383 e. The highest BCUT2D eigenvalue weighted by molar-refractivity contribution is 6.42. The lowest BCUT2D eigenvalue weighted by Gasteiger charge is -2.43. The summed E-state index contributed by atoms with van der Waals surface area (Å²) in [5.74, 6) is -1.23. The molecule has 1 amide bonds. The molecule has 1 aromatic heterocycles. The van der Waals surface area contributed by atoms with E-state index in [0.717, 1.165) is 0 Å². The van der Waals surface area contributed by atoms with Gasteiger partial charge in [-0.3, -0.25) is 20.0 Å². The van der Waals surface area contributed by atoms with Crippen molar-refractivity contribution in [1.29, 1.82) is 5.26 Å². The maximum absolute atomic E-state index is 13.4. The highest BCUT2D eigenvalue weighted by atomic mass is 35.5.